The molecule has 0 aliphatic rings. The third kappa shape index (κ3) is 3.73. The molecule has 0 aromatic heterocycles. The van der Waals surface area contributed by atoms with Crippen molar-refractivity contribution in [3.05, 3.63) is 58.6 Å². The van der Waals surface area contributed by atoms with Crippen molar-refractivity contribution >= 4 is 11.6 Å². The van der Waals surface area contributed by atoms with Crippen LogP contribution in [-0.2, 0) is 6.42 Å². The van der Waals surface area contributed by atoms with Crippen LogP contribution in [-0.4, -0.2) is 11.7 Å². The van der Waals surface area contributed by atoms with Gasteiger partial charge in [0.2, 0.25) is 0 Å². The highest BCUT2D eigenvalue weighted by molar-refractivity contribution is 6.31. The molecule has 4 heteroatoms. The van der Waals surface area contributed by atoms with Gasteiger partial charge >= 0.3 is 0 Å². The van der Waals surface area contributed by atoms with Gasteiger partial charge in [0, 0.05) is 17.7 Å². The minimum Gasteiger partial charge on any atom is -0.457 e. The molecule has 0 aliphatic heterocycles. The van der Waals surface area contributed by atoms with Crippen molar-refractivity contribution in [2.24, 2.45) is 5.73 Å². The first-order chi connectivity index (χ1) is 9.60. The number of aliphatic hydroxyl groups is 1. The Hall–Kier alpha value is -1.55. The maximum absolute atomic E-state index is 8.87. The Labute approximate surface area is 123 Å². The van der Waals surface area contributed by atoms with Crippen molar-refractivity contribution in [3.8, 4) is 11.5 Å². The highest BCUT2D eigenvalue weighted by Crippen LogP contribution is 2.29. The molecule has 0 aliphatic carbocycles. The smallest absolute Gasteiger partial charge is 0.128 e. The first-order valence-corrected chi connectivity index (χ1v) is 6.90. The number of hydrogen-bond acceptors (Lipinski definition) is 3. The van der Waals surface area contributed by atoms with Gasteiger partial charge in [0.05, 0.1) is 0 Å². The Bertz CT molecular complexity index is 567. The molecule has 0 fully saturated rings. The van der Waals surface area contributed by atoms with Gasteiger partial charge < -0.3 is 15.6 Å². The van der Waals surface area contributed by atoms with Crippen LogP contribution >= 0.6 is 11.6 Å². The highest BCUT2D eigenvalue weighted by atomic mass is 35.5. The number of ether oxygens (including phenoxy) is 1. The number of aliphatic hydroxyl groups excluding tert-OH is 1. The van der Waals surface area contributed by atoms with E-state index in [-0.39, 0.29) is 12.6 Å². The Balaban J connectivity index is 2.11. The molecule has 0 bridgehead atoms. The molecule has 20 heavy (non-hydrogen) atoms. The molecule has 3 N–H and O–H groups in total. The molecule has 1 atom stereocenters. The SMILES string of the molecule is CC(N)c1ccc(Oc2ccc(CCO)cc2)cc1Cl. The van der Waals surface area contributed by atoms with Crippen molar-refractivity contribution in [1.29, 1.82) is 0 Å². The second-order valence-corrected chi connectivity index (χ2v) is 5.10. The monoisotopic (exact) mass is 291 g/mol. The fourth-order valence-corrected chi connectivity index (χ4v) is 2.27. The van der Waals surface area contributed by atoms with Crippen LogP contribution in [0.4, 0.5) is 0 Å². The summed E-state index contributed by atoms with van der Waals surface area (Å²) in [6.07, 6.45) is 0.648. The fraction of sp³-hybridized carbons (Fsp3) is 0.250. The van der Waals surface area contributed by atoms with Crippen molar-refractivity contribution in [2.75, 3.05) is 6.61 Å². The summed E-state index contributed by atoms with van der Waals surface area (Å²) in [5.74, 6) is 1.41. The minimum atomic E-state index is -0.102. The number of hydrogen-bond donors (Lipinski definition) is 2. The molecule has 0 amide bonds. The second-order valence-electron chi connectivity index (χ2n) is 4.69. The maximum Gasteiger partial charge on any atom is 0.128 e. The van der Waals surface area contributed by atoms with Crippen molar-refractivity contribution in [3.63, 3.8) is 0 Å². The third-order valence-corrected chi connectivity index (χ3v) is 3.35. The summed E-state index contributed by atoms with van der Waals surface area (Å²) in [5.41, 5.74) is 7.79. The van der Waals surface area contributed by atoms with Gasteiger partial charge in [0.1, 0.15) is 11.5 Å². The summed E-state index contributed by atoms with van der Waals surface area (Å²) >= 11 is 6.17. The Morgan fingerprint density at radius 3 is 2.35 bits per heavy atom. The molecule has 2 aromatic carbocycles. The normalized spacial score (nSPS) is 12.2. The molecule has 0 spiro atoms. The summed E-state index contributed by atoms with van der Waals surface area (Å²) in [6.45, 7) is 2.04. The average molecular weight is 292 g/mol. The van der Waals surface area contributed by atoms with Gasteiger partial charge in [-0.25, -0.2) is 0 Å². The molecule has 0 saturated carbocycles. The van der Waals surface area contributed by atoms with Crippen molar-refractivity contribution < 1.29 is 9.84 Å². The van der Waals surface area contributed by atoms with E-state index in [0.717, 1.165) is 16.9 Å². The van der Waals surface area contributed by atoms with Crippen LogP contribution < -0.4 is 10.5 Å². The van der Waals surface area contributed by atoms with Crippen LogP contribution in [0, 0.1) is 0 Å². The topological polar surface area (TPSA) is 55.5 Å². The van der Waals surface area contributed by atoms with Gasteiger partial charge in [0.15, 0.2) is 0 Å². The summed E-state index contributed by atoms with van der Waals surface area (Å²) < 4.78 is 5.74. The standard InChI is InChI=1S/C16H18ClNO2/c1-11(18)15-7-6-14(10-16(15)17)20-13-4-2-12(3-5-13)8-9-19/h2-7,10-11,19H,8-9,18H2,1H3. The highest BCUT2D eigenvalue weighted by Gasteiger charge is 2.07. The van der Waals surface area contributed by atoms with E-state index in [1.807, 2.05) is 43.3 Å². The third-order valence-electron chi connectivity index (χ3n) is 3.02. The van der Waals surface area contributed by atoms with Gasteiger partial charge in [-0.15, -0.1) is 0 Å². The molecule has 106 valence electrons. The van der Waals surface area contributed by atoms with Crippen LogP contribution in [0.3, 0.4) is 0 Å². The molecule has 0 radical (unpaired) electrons. The molecule has 1 unspecified atom stereocenters. The lowest BCUT2D eigenvalue weighted by molar-refractivity contribution is 0.299. The molecule has 2 rings (SSSR count). The van der Waals surface area contributed by atoms with Crippen LogP contribution in [0.1, 0.15) is 24.1 Å². The van der Waals surface area contributed by atoms with Crippen LogP contribution in [0.5, 0.6) is 11.5 Å². The van der Waals surface area contributed by atoms with Gasteiger partial charge in [0.25, 0.3) is 0 Å². The first-order valence-electron chi connectivity index (χ1n) is 6.53. The molecular weight excluding hydrogens is 274 g/mol. The fourth-order valence-electron chi connectivity index (χ4n) is 1.93. The minimum absolute atomic E-state index is 0.102. The predicted octanol–water partition coefficient (Wildman–Crippen LogP) is 3.69. The average Bonchev–Trinajstić information content (AvgIpc) is 2.41. The Morgan fingerprint density at radius 1 is 1.15 bits per heavy atom. The number of halogens is 1. The van der Waals surface area contributed by atoms with E-state index < -0.39 is 0 Å². The van der Waals surface area contributed by atoms with Gasteiger partial charge in [-0.2, -0.15) is 0 Å². The van der Waals surface area contributed by atoms with Gasteiger partial charge in [-0.05, 0) is 48.7 Å². The molecule has 0 saturated heterocycles. The number of benzene rings is 2. The lowest BCUT2D eigenvalue weighted by atomic mass is 10.1. The lowest BCUT2D eigenvalue weighted by Crippen LogP contribution is -2.05. The van der Waals surface area contributed by atoms with Gasteiger partial charge in [-0.1, -0.05) is 29.8 Å². The lowest BCUT2D eigenvalue weighted by Gasteiger charge is -2.11. The van der Waals surface area contributed by atoms with E-state index in [2.05, 4.69) is 0 Å². The summed E-state index contributed by atoms with van der Waals surface area (Å²) in [4.78, 5) is 0. The van der Waals surface area contributed by atoms with Gasteiger partial charge in [-0.3, -0.25) is 0 Å². The zero-order chi connectivity index (χ0) is 14.5. The predicted molar refractivity (Wildman–Crippen MR) is 81.4 cm³/mol. The van der Waals surface area contributed by atoms with Crippen molar-refractivity contribution in [2.45, 2.75) is 19.4 Å². The van der Waals surface area contributed by atoms with Crippen molar-refractivity contribution in [1.82, 2.24) is 0 Å². The summed E-state index contributed by atoms with van der Waals surface area (Å²) in [6, 6.07) is 13.0. The van der Waals surface area contributed by atoms with E-state index in [1.165, 1.54) is 0 Å². The second kappa shape index (κ2) is 6.75. The van der Waals surface area contributed by atoms with E-state index in [0.29, 0.717) is 17.2 Å². The molecular formula is C16H18ClNO2. The quantitative estimate of drug-likeness (QED) is 0.883. The molecule has 3 nitrogen and oxygen atoms in total. The Kier molecular flexibility index (Phi) is 5.01. The zero-order valence-electron chi connectivity index (χ0n) is 11.3. The Morgan fingerprint density at radius 2 is 1.80 bits per heavy atom. The largest absolute Gasteiger partial charge is 0.457 e. The van der Waals surface area contributed by atoms with Crippen LogP contribution in [0.15, 0.2) is 42.5 Å². The number of nitrogens with two attached hydrogens (primary N) is 1. The molecule has 0 heterocycles. The maximum atomic E-state index is 8.87. The molecule has 2 aromatic rings. The summed E-state index contributed by atoms with van der Waals surface area (Å²) in [5, 5.41) is 9.48. The van der Waals surface area contributed by atoms with E-state index in [1.54, 1.807) is 6.07 Å². The van der Waals surface area contributed by atoms with E-state index in [9.17, 15) is 0 Å². The van der Waals surface area contributed by atoms with E-state index in [4.69, 9.17) is 27.2 Å². The first kappa shape index (κ1) is 14.9. The summed E-state index contributed by atoms with van der Waals surface area (Å²) in [7, 11) is 0. The zero-order valence-corrected chi connectivity index (χ0v) is 12.1. The van der Waals surface area contributed by atoms with E-state index >= 15 is 0 Å². The van der Waals surface area contributed by atoms with Crippen LogP contribution in [0.2, 0.25) is 5.02 Å². The van der Waals surface area contributed by atoms with Crippen LogP contribution in [0.25, 0.3) is 0 Å². The number of rotatable bonds is 5.